The molecule has 1 unspecified atom stereocenters. The van der Waals surface area contributed by atoms with Gasteiger partial charge in [-0.15, -0.1) is 0 Å². The van der Waals surface area contributed by atoms with Gasteiger partial charge >= 0.3 is 0 Å². The van der Waals surface area contributed by atoms with Gasteiger partial charge in [0.25, 0.3) is 0 Å². The Balaban J connectivity index is 1.97. The molecule has 1 aliphatic rings. The molecule has 13 heavy (non-hydrogen) atoms. The van der Waals surface area contributed by atoms with Crippen LogP contribution in [-0.4, -0.2) is 38.4 Å². The van der Waals surface area contributed by atoms with Crippen LogP contribution < -0.4 is 10.6 Å². The number of hydrogen-bond donors (Lipinski definition) is 2. The van der Waals surface area contributed by atoms with Crippen molar-refractivity contribution in [3.05, 3.63) is 0 Å². The number of hydrogen-bond acceptors (Lipinski definition) is 3. The van der Waals surface area contributed by atoms with Gasteiger partial charge in [0.1, 0.15) is 0 Å². The lowest BCUT2D eigenvalue weighted by Gasteiger charge is -2.16. The third-order valence-electron chi connectivity index (χ3n) is 2.42. The van der Waals surface area contributed by atoms with Crippen LogP contribution >= 0.6 is 0 Å². The van der Waals surface area contributed by atoms with Crippen molar-refractivity contribution in [3.63, 3.8) is 0 Å². The SMILES string of the molecule is CCNCC(C)NC[C@@H]1CCCO1. The highest BCUT2D eigenvalue weighted by Crippen LogP contribution is 2.10. The summed E-state index contributed by atoms with van der Waals surface area (Å²) in [5.74, 6) is 0. The Kier molecular flexibility index (Phi) is 5.35. The first kappa shape index (κ1) is 11.0. The highest BCUT2D eigenvalue weighted by molar-refractivity contribution is 4.71. The van der Waals surface area contributed by atoms with Gasteiger partial charge in [-0.05, 0) is 26.3 Å². The Morgan fingerprint density at radius 3 is 3.00 bits per heavy atom. The Bertz CT molecular complexity index is 124. The van der Waals surface area contributed by atoms with Crippen LogP contribution in [0.25, 0.3) is 0 Å². The molecule has 0 spiro atoms. The summed E-state index contributed by atoms with van der Waals surface area (Å²) >= 11 is 0. The molecule has 1 rings (SSSR count). The van der Waals surface area contributed by atoms with E-state index in [0.717, 1.165) is 26.2 Å². The van der Waals surface area contributed by atoms with Gasteiger partial charge in [-0.3, -0.25) is 0 Å². The van der Waals surface area contributed by atoms with E-state index in [9.17, 15) is 0 Å². The summed E-state index contributed by atoms with van der Waals surface area (Å²) in [7, 11) is 0. The number of ether oxygens (including phenoxy) is 1. The molecule has 1 saturated heterocycles. The molecule has 1 fully saturated rings. The quantitative estimate of drug-likeness (QED) is 0.642. The smallest absolute Gasteiger partial charge is 0.0700 e. The second-order valence-electron chi connectivity index (χ2n) is 3.75. The first-order valence-corrected chi connectivity index (χ1v) is 5.38. The minimum absolute atomic E-state index is 0.462. The zero-order valence-electron chi connectivity index (χ0n) is 8.81. The Hall–Kier alpha value is -0.120. The van der Waals surface area contributed by atoms with Gasteiger partial charge in [-0.2, -0.15) is 0 Å². The molecule has 0 saturated carbocycles. The Morgan fingerprint density at radius 1 is 1.54 bits per heavy atom. The van der Waals surface area contributed by atoms with E-state index in [1.807, 2.05) is 0 Å². The van der Waals surface area contributed by atoms with E-state index in [1.165, 1.54) is 12.8 Å². The van der Waals surface area contributed by atoms with Crippen molar-refractivity contribution in [2.24, 2.45) is 0 Å². The Morgan fingerprint density at radius 2 is 2.38 bits per heavy atom. The molecule has 0 amide bonds. The summed E-state index contributed by atoms with van der Waals surface area (Å²) < 4.78 is 5.52. The third-order valence-corrected chi connectivity index (χ3v) is 2.42. The molecule has 2 atom stereocenters. The number of nitrogens with one attached hydrogen (secondary N) is 2. The first-order chi connectivity index (χ1) is 6.33. The lowest BCUT2D eigenvalue weighted by atomic mass is 10.2. The van der Waals surface area contributed by atoms with Crippen molar-refractivity contribution < 1.29 is 4.74 Å². The maximum Gasteiger partial charge on any atom is 0.0700 e. The Labute approximate surface area is 81.2 Å². The molecule has 0 aromatic carbocycles. The maximum atomic E-state index is 5.52. The fraction of sp³-hybridized carbons (Fsp3) is 1.00. The van der Waals surface area contributed by atoms with E-state index in [4.69, 9.17) is 4.74 Å². The molecular weight excluding hydrogens is 164 g/mol. The van der Waals surface area contributed by atoms with E-state index in [2.05, 4.69) is 24.5 Å². The summed E-state index contributed by atoms with van der Waals surface area (Å²) in [6.45, 7) is 8.39. The van der Waals surface area contributed by atoms with Gasteiger partial charge in [0, 0.05) is 25.7 Å². The van der Waals surface area contributed by atoms with Crippen LogP contribution in [0, 0.1) is 0 Å². The summed E-state index contributed by atoms with van der Waals surface area (Å²) in [4.78, 5) is 0. The molecule has 0 aromatic heterocycles. The van der Waals surface area contributed by atoms with Crippen LogP contribution in [0.4, 0.5) is 0 Å². The van der Waals surface area contributed by atoms with Crippen molar-refractivity contribution in [2.45, 2.75) is 38.8 Å². The number of likely N-dealkylation sites (N-methyl/N-ethyl adjacent to an activating group) is 1. The fourth-order valence-corrected chi connectivity index (χ4v) is 1.57. The molecule has 0 radical (unpaired) electrons. The highest BCUT2D eigenvalue weighted by Gasteiger charge is 2.15. The van der Waals surface area contributed by atoms with Gasteiger partial charge in [-0.1, -0.05) is 6.92 Å². The molecule has 1 heterocycles. The minimum Gasteiger partial charge on any atom is -0.377 e. The minimum atomic E-state index is 0.462. The summed E-state index contributed by atoms with van der Waals surface area (Å²) in [6.07, 6.45) is 2.92. The topological polar surface area (TPSA) is 33.3 Å². The van der Waals surface area contributed by atoms with Crippen molar-refractivity contribution >= 4 is 0 Å². The van der Waals surface area contributed by atoms with Gasteiger partial charge in [0.2, 0.25) is 0 Å². The zero-order valence-corrected chi connectivity index (χ0v) is 8.81. The summed E-state index contributed by atoms with van der Waals surface area (Å²) in [6, 6.07) is 0.546. The second kappa shape index (κ2) is 6.35. The molecule has 0 aromatic rings. The monoisotopic (exact) mass is 186 g/mol. The molecule has 2 N–H and O–H groups in total. The largest absolute Gasteiger partial charge is 0.377 e. The molecule has 0 aliphatic carbocycles. The van der Waals surface area contributed by atoms with E-state index in [-0.39, 0.29) is 0 Å². The molecule has 78 valence electrons. The molecule has 0 bridgehead atoms. The molecule has 1 aliphatic heterocycles. The van der Waals surface area contributed by atoms with E-state index in [1.54, 1.807) is 0 Å². The normalized spacial score (nSPS) is 24.9. The molecule has 3 heteroatoms. The molecule has 3 nitrogen and oxygen atoms in total. The van der Waals surface area contributed by atoms with Crippen LogP contribution in [0.1, 0.15) is 26.7 Å². The summed E-state index contributed by atoms with van der Waals surface area (Å²) in [5.41, 5.74) is 0. The van der Waals surface area contributed by atoms with Crippen LogP contribution in [0.15, 0.2) is 0 Å². The average Bonchev–Trinajstić information content (AvgIpc) is 2.64. The van der Waals surface area contributed by atoms with E-state index >= 15 is 0 Å². The fourth-order valence-electron chi connectivity index (χ4n) is 1.57. The standard InChI is InChI=1S/C10H22N2O/c1-3-11-7-9(2)12-8-10-5-4-6-13-10/h9-12H,3-8H2,1-2H3/t9?,10-/m0/s1. The lowest BCUT2D eigenvalue weighted by Crippen LogP contribution is -2.40. The van der Waals surface area contributed by atoms with Crippen LogP contribution in [0.3, 0.4) is 0 Å². The van der Waals surface area contributed by atoms with Crippen molar-refractivity contribution in [3.8, 4) is 0 Å². The van der Waals surface area contributed by atoms with Crippen molar-refractivity contribution in [2.75, 3.05) is 26.2 Å². The van der Waals surface area contributed by atoms with Gasteiger partial charge in [0.15, 0.2) is 0 Å². The second-order valence-corrected chi connectivity index (χ2v) is 3.75. The van der Waals surface area contributed by atoms with Gasteiger partial charge in [0.05, 0.1) is 6.10 Å². The van der Waals surface area contributed by atoms with Crippen LogP contribution in [0.5, 0.6) is 0 Å². The van der Waals surface area contributed by atoms with E-state index in [0.29, 0.717) is 12.1 Å². The summed E-state index contributed by atoms with van der Waals surface area (Å²) in [5, 5.41) is 6.79. The van der Waals surface area contributed by atoms with Gasteiger partial charge < -0.3 is 15.4 Å². The van der Waals surface area contributed by atoms with Crippen molar-refractivity contribution in [1.82, 2.24) is 10.6 Å². The van der Waals surface area contributed by atoms with Gasteiger partial charge in [-0.25, -0.2) is 0 Å². The molecular formula is C10H22N2O. The van der Waals surface area contributed by atoms with Crippen LogP contribution in [-0.2, 0) is 4.74 Å². The predicted octanol–water partition coefficient (Wildman–Crippen LogP) is 0.753. The maximum absolute atomic E-state index is 5.52. The van der Waals surface area contributed by atoms with Crippen LogP contribution in [0.2, 0.25) is 0 Å². The highest BCUT2D eigenvalue weighted by atomic mass is 16.5. The predicted molar refractivity (Wildman–Crippen MR) is 55.0 cm³/mol. The first-order valence-electron chi connectivity index (χ1n) is 5.38. The van der Waals surface area contributed by atoms with E-state index < -0.39 is 0 Å². The lowest BCUT2D eigenvalue weighted by molar-refractivity contribution is 0.108. The zero-order chi connectivity index (χ0) is 9.52. The average molecular weight is 186 g/mol. The van der Waals surface area contributed by atoms with Crippen molar-refractivity contribution in [1.29, 1.82) is 0 Å². The third kappa shape index (κ3) is 4.60. The number of rotatable bonds is 6.